The molecule has 1 unspecified atom stereocenters. The van der Waals surface area contributed by atoms with Gasteiger partial charge in [0.1, 0.15) is 30.0 Å². The Morgan fingerprint density at radius 2 is 2.12 bits per heavy atom. The normalized spacial score (nSPS) is 17.5. The van der Waals surface area contributed by atoms with Crippen molar-refractivity contribution in [1.29, 1.82) is 0 Å². The predicted molar refractivity (Wildman–Crippen MR) is 88.0 cm³/mol. The van der Waals surface area contributed by atoms with E-state index < -0.39 is 12.0 Å². The molecular weight excluding hydrogens is 308 g/mol. The van der Waals surface area contributed by atoms with Gasteiger partial charge in [0.25, 0.3) is 0 Å². The van der Waals surface area contributed by atoms with E-state index in [0.717, 1.165) is 28.5 Å². The predicted octanol–water partition coefficient (Wildman–Crippen LogP) is 1.55. The number of aromatic nitrogens is 3. The van der Waals surface area contributed by atoms with E-state index in [0.29, 0.717) is 26.2 Å². The summed E-state index contributed by atoms with van der Waals surface area (Å²) in [6.07, 6.45) is 0. The molecule has 1 aromatic carbocycles. The monoisotopic (exact) mass is 330 g/mol. The maximum Gasteiger partial charge on any atom is 0.322 e. The lowest BCUT2D eigenvalue weighted by Gasteiger charge is -2.33. The third-order valence-corrected chi connectivity index (χ3v) is 4.42. The van der Waals surface area contributed by atoms with Gasteiger partial charge in [0.2, 0.25) is 0 Å². The van der Waals surface area contributed by atoms with Gasteiger partial charge in [0.15, 0.2) is 0 Å². The molecule has 7 nitrogen and oxygen atoms in total. The van der Waals surface area contributed by atoms with Crippen LogP contribution in [0.5, 0.6) is 5.75 Å². The van der Waals surface area contributed by atoms with Crippen LogP contribution in [-0.4, -0.2) is 49.9 Å². The molecule has 0 aliphatic carbocycles. The first-order chi connectivity index (χ1) is 11.5. The summed E-state index contributed by atoms with van der Waals surface area (Å²) < 4.78 is 7.74. The van der Waals surface area contributed by atoms with Crippen LogP contribution in [0.3, 0.4) is 0 Å². The molecule has 2 heterocycles. The number of carboxylic acid groups (broad SMARTS) is 1. The topological polar surface area (TPSA) is 80.5 Å². The summed E-state index contributed by atoms with van der Waals surface area (Å²) in [6, 6.07) is 5.48. The molecule has 2 aromatic rings. The van der Waals surface area contributed by atoms with E-state index in [1.165, 1.54) is 0 Å². The summed E-state index contributed by atoms with van der Waals surface area (Å²) in [6.45, 7) is 7.65. The second kappa shape index (κ2) is 6.60. The quantitative estimate of drug-likeness (QED) is 0.896. The summed E-state index contributed by atoms with van der Waals surface area (Å²) in [5.41, 5.74) is 2.21. The fraction of sp³-hybridized carbons (Fsp3) is 0.471. The second-order valence-electron chi connectivity index (χ2n) is 6.22. The number of rotatable bonds is 5. The Morgan fingerprint density at radius 1 is 1.33 bits per heavy atom. The number of fused-ring (bicyclic) bond motifs is 1. The third-order valence-electron chi connectivity index (χ3n) is 4.42. The van der Waals surface area contributed by atoms with E-state index in [-0.39, 0.29) is 0 Å². The lowest BCUT2D eigenvalue weighted by atomic mass is 10.1. The molecule has 0 amide bonds. The molecule has 0 bridgehead atoms. The number of aryl methyl sites for hydroxylation is 3. The summed E-state index contributed by atoms with van der Waals surface area (Å²) in [7, 11) is 0. The summed E-state index contributed by atoms with van der Waals surface area (Å²) in [4.78, 5) is 13.5. The minimum Gasteiger partial charge on any atom is -0.492 e. The number of nitrogens with zero attached hydrogens (tertiary/aromatic N) is 4. The number of hydrogen-bond acceptors (Lipinski definition) is 5. The molecule has 1 aliphatic rings. The van der Waals surface area contributed by atoms with Gasteiger partial charge in [0.05, 0.1) is 13.1 Å². The Hall–Kier alpha value is -2.41. The van der Waals surface area contributed by atoms with Crippen molar-refractivity contribution < 1.29 is 14.6 Å². The molecule has 1 N–H and O–H groups in total. The molecule has 0 saturated carbocycles. The lowest BCUT2D eigenvalue weighted by molar-refractivity contribution is -0.145. The fourth-order valence-electron chi connectivity index (χ4n) is 2.96. The van der Waals surface area contributed by atoms with E-state index >= 15 is 0 Å². The fourth-order valence-corrected chi connectivity index (χ4v) is 2.96. The highest BCUT2D eigenvalue weighted by Crippen LogP contribution is 2.20. The molecule has 0 spiro atoms. The maximum absolute atomic E-state index is 11.6. The zero-order chi connectivity index (χ0) is 17.3. The van der Waals surface area contributed by atoms with E-state index in [2.05, 4.69) is 10.2 Å². The average molecular weight is 330 g/mol. The van der Waals surface area contributed by atoms with Gasteiger partial charge in [-0.1, -0.05) is 12.1 Å². The number of hydrogen-bond donors (Lipinski definition) is 1. The molecule has 7 heteroatoms. The van der Waals surface area contributed by atoms with Crippen LogP contribution >= 0.6 is 0 Å². The SMILES string of the molecule is Cc1ccc(C)c(OCCN2Cc3nnc(C)n3CC2C(=O)O)c1. The zero-order valence-electron chi connectivity index (χ0n) is 14.2. The summed E-state index contributed by atoms with van der Waals surface area (Å²) >= 11 is 0. The van der Waals surface area contributed by atoms with Crippen molar-refractivity contribution >= 4 is 5.97 Å². The molecule has 1 atom stereocenters. The van der Waals surface area contributed by atoms with Crippen molar-refractivity contribution in [2.75, 3.05) is 13.2 Å². The Kier molecular flexibility index (Phi) is 4.53. The minimum atomic E-state index is -0.833. The highest BCUT2D eigenvalue weighted by molar-refractivity contribution is 5.73. The van der Waals surface area contributed by atoms with Gasteiger partial charge in [-0.2, -0.15) is 0 Å². The van der Waals surface area contributed by atoms with Crippen molar-refractivity contribution in [1.82, 2.24) is 19.7 Å². The smallest absolute Gasteiger partial charge is 0.322 e. The summed E-state index contributed by atoms with van der Waals surface area (Å²) in [5.74, 6) is 1.57. The number of carboxylic acids is 1. The van der Waals surface area contributed by atoms with E-state index in [9.17, 15) is 9.90 Å². The Bertz CT molecular complexity index is 756. The van der Waals surface area contributed by atoms with E-state index in [1.807, 2.05) is 48.4 Å². The Labute approximate surface area is 140 Å². The van der Waals surface area contributed by atoms with Crippen LogP contribution in [0.2, 0.25) is 0 Å². The third kappa shape index (κ3) is 3.26. The van der Waals surface area contributed by atoms with E-state index in [4.69, 9.17) is 4.74 Å². The molecule has 0 saturated heterocycles. The van der Waals surface area contributed by atoms with Crippen molar-refractivity contribution in [3.8, 4) is 5.75 Å². The molecule has 3 rings (SSSR count). The Morgan fingerprint density at radius 3 is 2.88 bits per heavy atom. The molecule has 0 radical (unpaired) electrons. The number of ether oxygens (including phenoxy) is 1. The van der Waals surface area contributed by atoms with Gasteiger partial charge in [-0.25, -0.2) is 0 Å². The molecule has 0 fully saturated rings. The molecular formula is C17H22N4O3. The van der Waals surface area contributed by atoms with Gasteiger partial charge in [-0.15, -0.1) is 10.2 Å². The minimum absolute atomic E-state index is 0.368. The van der Waals surface area contributed by atoms with Crippen LogP contribution < -0.4 is 4.74 Å². The second-order valence-corrected chi connectivity index (χ2v) is 6.22. The number of benzene rings is 1. The highest BCUT2D eigenvalue weighted by Gasteiger charge is 2.33. The lowest BCUT2D eigenvalue weighted by Crippen LogP contribution is -2.49. The van der Waals surface area contributed by atoms with Crippen molar-refractivity contribution in [3.63, 3.8) is 0 Å². The van der Waals surface area contributed by atoms with Gasteiger partial charge < -0.3 is 14.4 Å². The van der Waals surface area contributed by atoms with Gasteiger partial charge in [0, 0.05) is 6.54 Å². The van der Waals surface area contributed by atoms with Crippen LogP contribution in [0.4, 0.5) is 0 Å². The molecule has 24 heavy (non-hydrogen) atoms. The first kappa shape index (κ1) is 16.4. The number of carbonyl (C=O) groups is 1. The number of aliphatic carboxylic acids is 1. The molecule has 1 aliphatic heterocycles. The average Bonchev–Trinajstić information content (AvgIpc) is 2.90. The van der Waals surface area contributed by atoms with Gasteiger partial charge >= 0.3 is 5.97 Å². The van der Waals surface area contributed by atoms with E-state index in [1.54, 1.807) is 0 Å². The Balaban J connectivity index is 1.67. The molecule has 1 aromatic heterocycles. The maximum atomic E-state index is 11.6. The first-order valence-electron chi connectivity index (χ1n) is 8.01. The van der Waals surface area contributed by atoms with Crippen LogP contribution in [0.25, 0.3) is 0 Å². The van der Waals surface area contributed by atoms with Gasteiger partial charge in [-0.05, 0) is 38.0 Å². The standard InChI is InChI=1S/C17H22N4O3/c1-11-4-5-12(2)15(8-11)24-7-6-20-10-16-19-18-13(3)21(16)9-14(20)17(22)23/h4-5,8,14H,6-7,9-10H2,1-3H3,(H,22,23). The van der Waals surface area contributed by atoms with Crippen molar-refractivity contribution in [2.45, 2.75) is 39.9 Å². The molecule has 128 valence electrons. The van der Waals surface area contributed by atoms with Crippen LogP contribution in [0.1, 0.15) is 22.8 Å². The van der Waals surface area contributed by atoms with Crippen LogP contribution in [0, 0.1) is 20.8 Å². The highest BCUT2D eigenvalue weighted by atomic mass is 16.5. The van der Waals surface area contributed by atoms with Crippen molar-refractivity contribution in [2.24, 2.45) is 0 Å². The van der Waals surface area contributed by atoms with Gasteiger partial charge in [-0.3, -0.25) is 9.69 Å². The van der Waals surface area contributed by atoms with Crippen LogP contribution in [-0.2, 0) is 17.9 Å². The zero-order valence-corrected chi connectivity index (χ0v) is 14.2. The summed E-state index contributed by atoms with van der Waals surface area (Å²) in [5, 5.41) is 17.7. The van der Waals surface area contributed by atoms with Crippen molar-refractivity contribution in [3.05, 3.63) is 41.0 Å². The largest absolute Gasteiger partial charge is 0.492 e. The van der Waals surface area contributed by atoms with Crippen LogP contribution in [0.15, 0.2) is 18.2 Å². The first-order valence-corrected chi connectivity index (χ1v) is 8.01.